The van der Waals surface area contributed by atoms with E-state index >= 15 is 13.6 Å². The number of nitrogens with one attached hydrogen (secondary N) is 1. The third-order valence-corrected chi connectivity index (χ3v) is 15.4. The van der Waals surface area contributed by atoms with Crippen LogP contribution in [0, 0.1) is 31.4 Å². The molecule has 4 aliphatic rings. The largest absolute Gasteiger partial charge is 0.438 e. The summed E-state index contributed by atoms with van der Waals surface area (Å²) in [5, 5.41) is 14.9. The lowest BCUT2D eigenvalue weighted by atomic mass is 9.83. The van der Waals surface area contributed by atoms with Crippen molar-refractivity contribution < 1.29 is 22.8 Å². The number of aryl methyl sites for hydroxylation is 3. The van der Waals surface area contributed by atoms with E-state index in [1.807, 2.05) is 17.9 Å². The smallest absolute Gasteiger partial charge is 0.376 e. The van der Waals surface area contributed by atoms with Crippen molar-refractivity contribution in [3.05, 3.63) is 139 Å². The molecule has 5 aromatic heterocycles. The van der Waals surface area contributed by atoms with E-state index in [2.05, 4.69) is 58.8 Å². The van der Waals surface area contributed by atoms with Gasteiger partial charge in [-0.3, -0.25) is 28.1 Å². The van der Waals surface area contributed by atoms with Crippen LogP contribution in [-0.2, 0) is 22.7 Å². The number of imidazole rings is 1. The summed E-state index contributed by atoms with van der Waals surface area (Å²) >= 11 is 0. The van der Waals surface area contributed by atoms with Gasteiger partial charge in [0, 0.05) is 54.5 Å². The highest BCUT2D eigenvalue weighted by Gasteiger charge is 2.60. The number of ether oxygens (including phenoxy) is 1. The first-order valence-corrected chi connectivity index (χ1v) is 23.0. The van der Waals surface area contributed by atoms with Gasteiger partial charge in [-0.2, -0.15) is 10.2 Å². The molecule has 2 saturated carbocycles. The van der Waals surface area contributed by atoms with E-state index in [1.54, 1.807) is 60.7 Å². The third kappa shape index (κ3) is 6.01. The second-order valence-corrected chi connectivity index (χ2v) is 20.2. The molecule has 0 unspecified atom stereocenters. The number of amides is 1. The summed E-state index contributed by atoms with van der Waals surface area (Å²) in [4.78, 5) is 47.9. The van der Waals surface area contributed by atoms with Crippen LogP contribution < -0.4 is 11.4 Å². The van der Waals surface area contributed by atoms with E-state index in [9.17, 15) is 9.59 Å². The molecular weight excluding hydrogens is 859 g/mol. The Morgan fingerprint density at radius 1 is 0.925 bits per heavy atom. The number of hydrogen-bond acceptors (Lipinski definition) is 8. The molecular formula is C50H50F2N10O5. The van der Waals surface area contributed by atoms with Crippen LogP contribution in [0.5, 0.6) is 0 Å². The van der Waals surface area contributed by atoms with Gasteiger partial charge in [0.15, 0.2) is 11.6 Å². The van der Waals surface area contributed by atoms with Crippen LogP contribution in [0.4, 0.5) is 8.78 Å². The highest BCUT2D eigenvalue weighted by atomic mass is 19.1. The Morgan fingerprint density at radius 2 is 1.66 bits per heavy atom. The first-order chi connectivity index (χ1) is 32.0. The lowest BCUT2D eigenvalue weighted by Gasteiger charge is -2.38. The second kappa shape index (κ2) is 14.1. The molecule has 1 spiro atoms. The molecule has 0 bridgehead atoms. The monoisotopic (exact) mass is 908 g/mol. The number of H-pyrrole nitrogens is 1. The van der Waals surface area contributed by atoms with Gasteiger partial charge in [0.05, 0.1) is 45.8 Å². The minimum atomic E-state index is -0.860. The molecule has 17 heteroatoms. The van der Waals surface area contributed by atoms with E-state index in [4.69, 9.17) is 14.4 Å². The molecule has 4 atom stereocenters. The second-order valence-electron chi connectivity index (χ2n) is 20.2. The molecule has 0 radical (unpaired) electrons. The number of carbonyl (C=O) groups is 1. The fraction of sp³-hybridized carbons (Fsp3) is 0.400. The van der Waals surface area contributed by atoms with Crippen LogP contribution in [-0.4, -0.2) is 73.0 Å². The summed E-state index contributed by atoms with van der Waals surface area (Å²) in [5.41, 5.74) is 3.63. The summed E-state index contributed by atoms with van der Waals surface area (Å²) in [5.74, 6) is -0.840. The minimum Gasteiger partial charge on any atom is -0.376 e. The first kappa shape index (κ1) is 41.5. The molecule has 3 aromatic carbocycles. The average molecular weight is 909 g/mol. The number of aromatic amines is 1. The van der Waals surface area contributed by atoms with Crippen molar-refractivity contribution in [2.75, 3.05) is 13.2 Å². The van der Waals surface area contributed by atoms with Gasteiger partial charge in [-0.05, 0) is 138 Å². The number of rotatable bonds is 7. The topological polar surface area (TPSA) is 156 Å². The van der Waals surface area contributed by atoms with E-state index in [-0.39, 0.29) is 40.2 Å². The zero-order valence-electron chi connectivity index (χ0n) is 38.4. The van der Waals surface area contributed by atoms with E-state index in [0.29, 0.717) is 64.8 Å². The highest BCUT2D eigenvalue weighted by Crippen LogP contribution is 2.58. The quantitative estimate of drug-likeness (QED) is 0.169. The van der Waals surface area contributed by atoms with Crippen molar-refractivity contribution in [2.24, 2.45) is 13.0 Å². The maximum atomic E-state index is 16.2. The van der Waals surface area contributed by atoms with Crippen molar-refractivity contribution in [3.63, 3.8) is 0 Å². The van der Waals surface area contributed by atoms with Crippen LogP contribution in [0.2, 0.25) is 0 Å². The molecule has 8 aromatic rings. The summed E-state index contributed by atoms with van der Waals surface area (Å²) < 4.78 is 50.7. The number of carbonyl (C=O) groups excluding carboxylic acids is 1. The summed E-state index contributed by atoms with van der Waals surface area (Å²) in [6, 6.07) is 14.4. The molecule has 1 amide bonds. The Bertz CT molecular complexity index is 3500. The summed E-state index contributed by atoms with van der Waals surface area (Å²) in [6.45, 7) is 12.6. The molecule has 67 heavy (non-hydrogen) atoms. The van der Waals surface area contributed by atoms with Crippen LogP contribution in [0.1, 0.15) is 116 Å². The number of aromatic nitrogens is 9. The van der Waals surface area contributed by atoms with E-state index in [1.165, 1.54) is 27.1 Å². The normalized spacial score (nSPS) is 22.8. The van der Waals surface area contributed by atoms with Gasteiger partial charge < -0.3 is 14.2 Å². The maximum Gasteiger partial charge on any atom is 0.438 e. The maximum absolute atomic E-state index is 16.2. The lowest BCUT2D eigenvalue weighted by Crippen LogP contribution is -2.45. The van der Waals surface area contributed by atoms with Crippen molar-refractivity contribution in [1.82, 2.24) is 48.3 Å². The van der Waals surface area contributed by atoms with Gasteiger partial charge in [-0.25, -0.2) is 23.1 Å². The zero-order chi connectivity index (χ0) is 46.6. The van der Waals surface area contributed by atoms with Gasteiger partial charge in [0.1, 0.15) is 22.9 Å². The number of fused-ring (bicyclic) bond motifs is 4. The molecule has 15 nitrogen and oxygen atoms in total. The molecule has 344 valence electrons. The van der Waals surface area contributed by atoms with Crippen molar-refractivity contribution in [1.29, 1.82) is 0 Å². The van der Waals surface area contributed by atoms with Crippen molar-refractivity contribution >= 4 is 27.7 Å². The highest BCUT2D eigenvalue weighted by molar-refractivity contribution is 6.00. The minimum absolute atomic E-state index is 0.00130. The number of benzene rings is 3. The van der Waals surface area contributed by atoms with Crippen molar-refractivity contribution in [3.8, 4) is 17.2 Å². The zero-order valence-corrected chi connectivity index (χ0v) is 38.4. The summed E-state index contributed by atoms with van der Waals surface area (Å²) in [6.07, 6.45) is 8.39. The molecule has 2 aliphatic heterocycles. The SMILES string of the molecule is Cc1cc(-n2nc3c(c2-n2ccn(-c4ccc5c(cnn5C)c4F)c2=O)[C@H](C)N(C(=O)c2cc4cc([C@H]5CCOC(C)(C)C5)ccc4n2[C@@]2(c4noc(=O)[nH]4)C[C@@H]2C)CC32CC2)cc(C)c1F. The van der Waals surface area contributed by atoms with E-state index in [0.717, 1.165) is 42.3 Å². The summed E-state index contributed by atoms with van der Waals surface area (Å²) in [7, 11) is 1.72. The molecule has 3 fully saturated rings. The average Bonchev–Trinajstić information content (AvgIpc) is 3.71. The first-order valence-electron chi connectivity index (χ1n) is 23.0. The number of hydrogen-bond donors (Lipinski definition) is 1. The molecule has 1 saturated heterocycles. The predicted octanol–water partition coefficient (Wildman–Crippen LogP) is 7.93. The van der Waals surface area contributed by atoms with Gasteiger partial charge in [0.25, 0.3) is 5.91 Å². The molecule has 2 aliphatic carbocycles. The van der Waals surface area contributed by atoms with Crippen molar-refractivity contribution in [2.45, 2.75) is 102 Å². The fourth-order valence-electron chi connectivity index (χ4n) is 11.5. The Balaban J connectivity index is 1.03. The Labute approximate surface area is 382 Å². The van der Waals surface area contributed by atoms with Crippen LogP contribution in [0.3, 0.4) is 0 Å². The van der Waals surface area contributed by atoms with Gasteiger partial charge in [-0.1, -0.05) is 18.1 Å². The number of halogens is 2. The van der Waals surface area contributed by atoms with Gasteiger partial charge >= 0.3 is 11.4 Å². The van der Waals surface area contributed by atoms with E-state index < -0.39 is 34.3 Å². The number of nitrogens with zero attached hydrogens (tertiary/aromatic N) is 9. The Hall–Kier alpha value is -6.88. The molecule has 12 rings (SSSR count). The van der Waals surface area contributed by atoms with Gasteiger partial charge in [-0.15, -0.1) is 0 Å². The fourth-order valence-corrected chi connectivity index (χ4v) is 11.5. The molecule has 7 heterocycles. The standard InChI is InChI=1S/C50H50F2N10O5/c1-26-18-33(19-27(2)40(26)51)62-43(59-16-15-58(47(59)65)37-11-10-36-34(41(37)52)24-53-57(36)7)39-29(4)60(25-49(13-14-49)42(39)55-62)44(63)38-21-32-20-30(31-12-17-66-48(5,6)23-31)8-9-35(32)61(38)50(22-28(50)3)45-54-46(64)67-56-45/h8-11,15-16,18-21,24,28-29,31H,12-14,17,22-23,25H2,1-7H3,(H,54,56,64)/t28-,29-,31-,50-/m0/s1. The Kier molecular flexibility index (Phi) is 8.73. The van der Waals surface area contributed by atoms with Crippen LogP contribution in [0.15, 0.2) is 81.2 Å². The lowest BCUT2D eigenvalue weighted by molar-refractivity contribution is -0.0592. The van der Waals surface area contributed by atoms with Crippen LogP contribution >= 0.6 is 0 Å². The Morgan fingerprint density at radius 3 is 2.34 bits per heavy atom. The third-order valence-electron chi connectivity index (χ3n) is 15.4. The predicted molar refractivity (Wildman–Crippen MR) is 244 cm³/mol. The van der Waals surface area contributed by atoms with Gasteiger partial charge in [0.2, 0.25) is 0 Å². The molecule has 1 N–H and O–H groups in total. The van der Waals surface area contributed by atoms with Crippen LogP contribution in [0.25, 0.3) is 39.0 Å².